The average molecular weight is 389 g/mol. The van der Waals surface area contributed by atoms with Crippen LogP contribution in [-0.2, 0) is 16.2 Å². The summed E-state index contributed by atoms with van der Waals surface area (Å²) in [4.78, 5) is 0. The highest BCUT2D eigenvalue weighted by Gasteiger charge is 2.26. The Hall–Kier alpha value is -2.36. The number of aromatic hydroxyl groups is 4. The molecule has 4 nitrogen and oxygen atoms in total. The molecule has 0 aliphatic heterocycles. The predicted octanol–water partition coefficient (Wildman–Crippen LogP) is 6.09. The second kappa shape index (κ2) is 7.94. The van der Waals surface area contributed by atoms with Crippen LogP contribution in [0.3, 0.4) is 0 Å². The van der Waals surface area contributed by atoms with Crippen molar-refractivity contribution in [3.8, 4) is 23.0 Å². The molecule has 0 aliphatic carbocycles. The summed E-state index contributed by atoms with van der Waals surface area (Å²) in [6, 6.07) is 7.87. The van der Waals surface area contributed by atoms with E-state index >= 15 is 0 Å². The van der Waals surface area contributed by atoms with Gasteiger partial charge in [-0.05, 0) is 46.6 Å². The maximum absolute atomic E-state index is 10.3. The van der Waals surface area contributed by atoms with Gasteiger partial charge < -0.3 is 20.4 Å². The van der Waals surface area contributed by atoms with Crippen LogP contribution in [0.2, 0.25) is 0 Å². The molecule has 28 heavy (non-hydrogen) atoms. The zero-order valence-corrected chi connectivity index (χ0v) is 18.7. The average Bonchev–Trinajstić information content (AvgIpc) is 2.49. The number of hydrogen-bond donors (Lipinski definition) is 4. The number of phenolic OH excluding ortho intramolecular Hbond substituents is 4. The first kappa shape index (κ1) is 23.7. The number of rotatable bonds is 0. The second-order valence-electron chi connectivity index (χ2n) is 10.3. The van der Waals surface area contributed by atoms with E-state index in [0.717, 1.165) is 16.7 Å². The van der Waals surface area contributed by atoms with Crippen molar-refractivity contribution in [1.29, 1.82) is 0 Å². The highest BCUT2D eigenvalue weighted by molar-refractivity contribution is 5.51. The normalized spacial score (nSPS) is 12.3. The first-order valence-corrected chi connectivity index (χ1v) is 9.54. The fourth-order valence-electron chi connectivity index (χ4n) is 2.89. The summed E-state index contributed by atoms with van der Waals surface area (Å²) in [5, 5.41) is 38.7. The Labute approximate surface area is 169 Å². The Kier molecular flexibility index (Phi) is 6.72. The highest BCUT2D eigenvalue weighted by Crippen LogP contribution is 2.41. The molecule has 0 spiro atoms. The standard InChI is InChI=1S/C14H22O2.C10H14O2/c1-13(2,3)10-7-9(15)8-11(12(10)16)14(4,5)6;1-10(2,3)8-6-7(11)4-5-9(8)12/h7-8,15-16H,1-6H3;4-6,11-12H,1-3H3. The minimum atomic E-state index is -0.178. The van der Waals surface area contributed by atoms with Gasteiger partial charge in [-0.1, -0.05) is 62.3 Å². The third-order valence-electron chi connectivity index (χ3n) is 4.50. The lowest BCUT2D eigenvalue weighted by atomic mass is 9.79. The van der Waals surface area contributed by atoms with Gasteiger partial charge in [-0.25, -0.2) is 0 Å². The van der Waals surface area contributed by atoms with Crippen molar-refractivity contribution in [3.63, 3.8) is 0 Å². The van der Waals surface area contributed by atoms with E-state index in [0.29, 0.717) is 5.75 Å². The van der Waals surface area contributed by atoms with Crippen LogP contribution in [0.25, 0.3) is 0 Å². The Morgan fingerprint density at radius 1 is 0.500 bits per heavy atom. The van der Waals surface area contributed by atoms with Gasteiger partial charge in [-0.3, -0.25) is 0 Å². The molecular formula is C24H36O4. The molecule has 4 N–H and O–H groups in total. The molecule has 156 valence electrons. The van der Waals surface area contributed by atoms with Crippen molar-refractivity contribution < 1.29 is 20.4 Å². The van der Waals surface area contributed by atoms with E-state index in [2.05, 4.69) is 0 Å². The predicted molar refractivity (Wildman–Crippen MR) is 116 cm³/mol. The fourth-order valence-corrected chi connectivity index (χ4v) is 2.89. The Balaban J connectivity index is 0.000000292. The van der Waals surface area contributed by atoms with Crippen molar-refractivity contribution in [1.82, 2.24) is 0 Å². The minimum Gasteiger partial charge on any atom is -0.508 e. The second-order valence-corrected chi connectivity index (χ2v) is 10.3. The lowest BCUT2D eigenvalue weighted by molar-refractivity contribution is 0.413. The zero-order chi connectivity index (χ0) is 22.1. The maximum Gasteiger partial charge on any atom is 0.123 e. The summed E-state index contributed by atoms with van der Waals surface area (Å²) in [6.45, 7) is 18.1. The third-order valence-corrected chi connectivity index (χ3v) is 4.50. The molecule has 2 aromatic carbocycles. The molecule has 0 atom stereocenters. The smallest absolute Gasteiger partial charge is 0.123 e. The molecular weight excluding hydrogens is 352 g/mol. The highest BCUT2D eigenvalue weighted by atomic mass is 16.3. The van der Waals surface area contributed by atoms with Gasteiger partial charge in [0.25, 0.3) is 0 Å². The van der Waals surface area contributed by atoms with E-state index in [-0.39, 0.29) is 33.5 Å². The topological polar surface area (TPSA) is 80.9 Å². The minimum absolute atomic E-state index is 0.136. The summed E-state index contributed by atoms with van der Waals surface area (Å²) in [7, 11) is 0. The van der Waals surface area contributed by atoms with Crippen LogP contribution in [0.1, 0.15) is 79.0 Å². The summed E-state index contributed by atoms with van der Waals surface area (Å²) in [5.74, 6) is 0.948. The van der Waals surface area contributed by atoms with E-state index in [9.17, 15) is 20.4 Å². The molecule has 0 saturated carbocycles. The Morgan fingerprint density at radius 3 is 1.18 bits per heavy atom. The number of phenols is 4. The van der Waals surface area contributed by atoms with E-state index in [1.807, 2.05) is 62.3 Å². The van der Waals surface area contributed by atoms with Crippen molar-refractivity contribution in [2.75, 3.05) is 0 Å². The van der Waals surface area contributed by atoms with Gasteiger partial charge in [0, 0.05) is 16.7 Å². The summed E-state index contributed by atoms with van der Waals surface area (Å²) in [6.07, 6.45) is 0. The van der Waals surface area contributed by atoms with Crippen LogP contribution in [0.5, 0.6) is 23.0 Å². The molecule has 0 aromatic heterocycles. The molecule has 0 saturated heterocycles. The Bertz CT molecular complexity index is 781. The van der Waals surface area contributed by atoms with Crippen LogP contribution in [-0.4, -0.2) is 20.4 Å². The first-order valence-electron chi connectivity index (χ1n) is 9.54. The van der Waals surface area contributed by atoms with Crippen LogP contribution in [0.15, 0.2) is 30.3 Å². The molecule has 0 fully saturated rings. The third kappa shape index (κ3) is 6.08. The first-order chi connectivity index (χ1) is 12.4. The van der Waals surface area contributed by atoms with Gasteiger partial charge in [0.15, 0.2) is 0 Å². The quantitative estimate of drug-likeness (QED) is 0.412. The molecule has 0 amide bonds. The molecule has 0 unspecified atom stereocenters. The van der Waals surface area contributed by atoms with Crippen LogP contribution in [0.4, 0.5) is 0 Å². The van der Waals surface area contributed by atoms with Crippen molar-refractivity contribution in [3.05, 3.63) is 47.0 Å². The summed E-state index contributed by atoms with van der Waals surface area (Å²) < 4.78 is 0. The lowest BCUT2D eigenvalue weighted by Crippen LogP contribution is -2.16. The zero-order valence-electron chi connectivity index (χ0n) is 18.7. The molecule has 0 bridgehead atoms. The van der Waals surface area contributed by atoms with E-state index < -0.39 is 0 Å². The van der Waals surface area contributed by atoms with Crippen molar-refractivity contribution >= 4 is 0 Å². The fraction of sp³-hybridized carbons (Fsp3) is 0.500. The lowest BCUT2D eigenvalue weighted by Gasteiger charge is -2.27. The molecule has 4 heteroatoms. The monoisotopic (exact) mass is 388 g/mol. The molecule has 0 radical (unpaired) electrons. The van der Waals surface area contributed by atoms with Gasteiger partial charge in [0.05, 0.1) is 0 Å². The van der Waals surface area contributed by atoms with E-state index in [4.69, 9.17) is 0 Å². The van der Waals surface area contributed by atoms with Gasteiger partial charge in [0.1, 0.15) is 23.0 Å². The SMILES string of the molecule is CC(C)(C)c1cc(O)cc(C(C)(C)C)c1O.CC(C)(C)c1cc(O)ccc1O. The van der Waals surface area contributed by atoms with Crippen molar-refractivity contribution in [2.45, 2.75) is 78.6 Å². The maximum atomic E-state index is 10.3. The van der Waals surface area contributed by atoms with Crippen LogP contribution in [0, 0.1) is 0 Å². The van der Waals surface area contributed by atoms with E-state index in [1.165, 1.54) is 12.1 Å². The van der Waals surface area contributed by atoms with Crippen LogP contribution >= 0.6 is 0 Å². The summed E-state index contributed by atoms with van der Waals surface area (Å²) in [5.41, 5.74) is 1.85. The van der Waals surface area contributed by atoms with Gasteiger partial charge in [-0.15, -0.1) is 0 Å². The van der Waals surface area contributed by atoms with E-state index in [1.54, 1.807) is 18.2 Å². The molecule has 0 aliphatic rings. The molecule has 2 rings (SSSR count). The van der Waals surface area contributed by atoms with Gasteiger partial charge in [0.2, 0.25) is 0 Å². The number of hydrogen-bond acceptors (Lipinski definition) is 4. The van der Waals surface area contributed by atoms with Gasteiger partial charge >= 0.3 is 0 Å². The largest absolute Gasteiger partial charge is 0.508 e. The van der Waals surface area contributed by atoms with Gasteiger partial charge in [-0.2, -0.15) is 0 Å². The molecule has 0 heterocycles. The Morgan fingerprint density at radius 2 is 0.857 bits per heavy atom. The van der Waals surface area contributed by atoms with Crippen LogP contribution < -0.4 is 0 Å². The van der Waals surface area contributed by atoms with Crippen molar-refractivity contribution in [2.24, 2.45) is 0 Å². The number of benzene rings is 2. The summed E-state index contributed by atoms with van der Waals surface area (Å²) >= 11 is 0. The molecule has 2 aromatic rings.